The second-order valence-corrected chi connectivity index (χ2v) is 6.63. The van der Waals surface area contributed by atoms with Crippen molar-refractivity contribution < 1.29 is 4.74 Å². The van der Waals surface area contributed by atoms with Crippen LogP contribution in [0.4, 0.5) is 0 Å². The summed E-state index contributed by atoms with van der Waals surface area (Å²) in [7, 11) is 0. The molecular weight excluding hydrogens is 280 g/mol. The van der Waals surface area contributed by atoms with Crippen LogP contribution >= 0.6 is 34.8 Å². The molecule has 90 valence electrons. The zero-order valence-electron chi connectivity index (χ0n) is 8.87. The van der Waals surface area contributed by atoms with Crippen molar-refractivity contribution in [3.8, 4) is 0 Å². The first-order valence-corrected chi connectivity index (χ1v) is 6.54. The van der Waals surface area contributed by atoms with Crippen molar-refractivity contribution in [1.29, 1.82) is 0 Å². The highest BCUT2D eigenvalue weighted by atomic mass is 35.6. The molecule has 1 aliphatic heterocycles. The molecule has 0 N–H and O–H groups in total. The van der Waals surface area contributed by atoms with Crippen LogP contribution in [0.1, 0.15) is 17.2 Å². The van der Waals surface area contributed by atoms with Gasteiger partial charge in [-0.05, 0) is 17.5 Å². The summed E-state index contributed by atoms with van der Waals surface area (Å²) in [5.74, 6) is 0.573. The first-order chi connectivity index (χ1) is 8.05. The highest BCUT2D eigenvalue weighted by Crippen LogP contribution is 2.43. The Morgan fingerprint density at radius 2 is 2.00 bits per heavy atom. The number of hydrogen-bond donors (Lipinski definition) is 0. The number of nitrogens with zero attached hydrogens (tertiary/aromatic N) is 1. The highest BCUT2D eigenvalue weighted by molar-refractivity contribution is 6.76. The molecule has 2 unspecified atom stereocenters. The molecule has 17 heavy (non-hydrogen) atoms. The summed E-state index contributed by atoms with van der Waals surface area (Å²) in [5, 5.41) is 0. The Bertz CT molecular complexity index is 481. The minimum absolute atomic E-state index is 0.0746. The van der Waals surface area contributed by atoms with E-state index in [9.17, 15) is 0 Å². The molecule has 1 aliphatic carbocycles. The van der Waals surface area contributed by atoms with E-state index in [1.165, 1.54) is 11.1 Å². The van der Waals surface area contributed by atoms with Crippen LogP contribution in [-0.2, 0) is 11.2 Å². The van der Waals surface area contributed by atoms with Crippen molar-refractivity contribution in [1.82, 2.24) is 0 Å². The summed E-state index contributed by atoms with van der Waals surface area (Å²) < 4.78 is 3.87. The summed E-state index contributed by atoms with van der Waals surface area (Å²) in [6, 6.07) is 8.34. The molecule has 5 heteroatoms. The molecule has 0 fully saturated rings. The number of aliphatic imine (C=N–C) groups is 1. The molecule has 2 atom stereocenters. The summed E-state index contributed by atoms with van der Waals surface area (Å²) in [4.78, 5) is 4.46. The van der Waals surface area contributed by atoms with Crippen LogP contribution in [0.5, 0.6) is 0 Å². The maximum Gasteiger partial charge on any atom is 0.266 e. The number of ether oxygens (including phenoxy) is 1. The number of hydrogen-bond acceptors (Lipinski definition) is 2. The van der Waals surface area contributed by atoms with Crippen LogP contribution < -0.4 is 0 Å². The monoisotopic (exact) mass is 289 g/mol. The molecule has 3 rings (SSSR count). The van der Waals surface area contributed by atoms with E-state index in [2.05, 4.69) is 17.1 Å². The van der Waals surface area contributed by atoms with E-state index in [0.29, 0.717) is 12.5 Å². The Labute approximate surface area is 115 Å². The summed E-state index contributed by atoms with van der Waals surface area (Å²) in [6.07, 6.45) is 0.984. The average molecular weight is 291 g/mol. The number of benzene rings is 1. The maximum atomic E-state index is 5.80. The third-order valence-electron chi connectivity index (χ3n) is 3.24. The molecule has 0 amide bonds. The highest BCUT2D eigenvalue weighted by Gasteiger charge is 2.41. The van der Waals surface area contributed by atoms with Gasteiger partial charge in [0.05, 0.1) is 12.6 Å². The van der Waals surface area contributed by atoms with Crippen molar-refractivity contribution >= 4 is 40.7 Å². The van der Waals surface area contributed by atoms with Crippen LogP contribution in [0.15, 0.2) is 29.3 Å². The van der Waals surface area contributed by atoms with Crippen LogP contribution in [0.25, 0.3) is 0 Å². The van der Waals surface area contributed by atoms with E-state index >= 15 is 0 Å². The molecule has 1 heterocycles. The topological polar surface area (TPSA) is 21.6 Å². The molecule has 2 aliphatic rings. The van der Waals surface area contributed by atoms with E-state index in [0.717, 1.165) is 6.42 Å². The normalized spacial score (nSPS) is 26.9. The molecular formula is C12H10Cl3NO. The average Bonchev–Trinajstić information content (AvgIpc) is 2.65. The number of fused-ring (bicyclic) bond motifs is 3. The Balaban J connectivity index is 2.00. The Morgan fingerprint density at radius 3 is 2.76 bits per heavy atom. The lowest BCUT2D eigenvalue weighted by Crippen LogP contribution is -2.31. The van der Waals surface area contributed by atoms with Crippen molar-refractivity contribution in [3.63, 3.8) is 0 Å². The lowest BCUT2D eigenvalue weighted by molar-refractivity contribution is 0.194. The van der Waals surface area contributed by atoms with Gasteiger partial charge in [0.15, 0.2) is 0 Å². The fraction of sp³-hybridized carbons (Fsp3) is 0.417. The molecule has 0 radical (unpaired) electrons. The van der Waals surface area contributed by atoms with Gasteiger partial charge in [-0.1, -0.05) is 59.1 Å². The molecule has 0 aromatic heterocycles. The van der Waals surface area contributed by atoms with Crippen LogP contribution in [0, 0.1) is 5.92 Å². The second-order valence-electron chi connectivity index (χ2n) is 4.35. The van der Waals surface area contributed by atoms with Gasteiger partial charge in [-0.15, -0.1) is 0 Å². The van der Waals surface area contributed by atoms with Gasteiger partial charge in [0.25, 0.3) is 3.79 Å². The van der Waals surface area contributed by atoms with Crippen molar-refractivity contribution in [2.45, 2.75) is 16.3 Å². The quantitative estimate of drug-likeness (QED) is 0.668. The summed E-state index contributed by atoms with van der Waals surface area (Å²) in [6.45, 7) is 0.562. The van der Waals surface area contributed by atoms with Gasteiger partial charge in [-0.2, -0.15) is 0 Å². The van der Waals surface area contributed by atoms with Crippen molar-refractivity contribution in [2.24, 2.45) is 10.9 Å². The van der Waals surface area contributed by atoms with Crippen LogP contribution in [0.3, 0.4) is 0 Å². The van der Waals surface area contributed by atoms with Crippen molar-refractivity contribution in [3.05, 3.63) is 35.4 Å². The zero-order chi connectivity index (χ0) is 12.0. The lowest BCUT2D eigenvalue weighted by Gasteiger charge is -2.27. The molecule has 0 spiro atoms. The predicted octanol–water partition coefficient (Wildman–Crippen LogP) is 3.70. The first kappa shape index (κ1) is 11.6. The smallest absolute Gasteiger partial charge is 0.266 e. The van der Waals surface area contributed by atoms with E-state index in [1.54, 1.807) is 0 Å². The van der Waals surface area contributed by atoms with E-state index in [1.807, 2.05) is 12.1 Å². The molecule has 0 bridgehead atoms. The van der Waals surface area contributed by atoms with Gasteiger partial charge in [0.2, 0.25) is 5.90 Å². The second kappa shape index (κ2) is 4.04. The molecule has 0 saturated heterocycles. The number of halogens is 3. The maximum absolute atomic E-state index is 5.80. The van der Waals surface area contributed by atoms with Crippen LogP contribution in [-0.4, -0.2) is 16.3 Å². The standard InChI is InChI=1S/C12H10Cl3NO/c13-12(14,15)11-16-10-8(6-17-11)5-7-3-1-2-4-9(7)10/h1-4,8,10H,5-6H2. The fourth-order valence-electron chi connectivity index (χ4n) is 2.49. The predicted molar refractivity (Wildman–Crippen MR) is 70.1 cm³/mol. The largest absolute Gasteiger partial charge is 0.477 e. The molecule has 1 aromatic carbocycles. The third-order valence-corrected chi connectivity index (χ3v) is 3.72. The van der Waals surface area contributed by atoms with Gasteiger partial charge in [-0.25, -0.2) is 4.99 Å². The summed E-state index contributed by atoms with van der Waals surface area (Å²) >= 11 is 17.4. The van der Waals surface area contributed by atoms with Gasteiger partial charge in [0, 0.05) is 5.92 Å². The minimum Gasteiger partial charge on any atom is -0.477 e. The Kier molecular flexibility index (Phi) is 2.77. The van der Waals surface area contributed by atoms with Gasteiger partial charge in [-0.3, -0.25) is 0 Å². The van der Waals surface area contributed by atoms with Gasteiger partial charge >= 0.3 is 0 Å². The zero-order valence-corrected chi connectivity index (χ0v) is 11.1. The fourth-order valence-corrected chi connectivity index (χ4v) is 2.80. The Morgan fingerprint density at radius 1 is 1.24 bits per heavy atom. The van der Waals surface area contributed by atoms with E-state index in [-0.39, 0.29) is 11.9 Å². The van der Waals surface area contributed by atoms with Gasteiger partial charge < -0.3 is 4.74 Å². The first-order valence-electron chi connectivity index (χ1n) is 5.41. The molecule has 2 nitrogen and oxygen atoms in total. The molecule has 0 saturated carbocycles. The SMILES string of the molecule is ClC(Cl)(Cl)C1=NC2c3ccccc3CC2CO1. The van der Waals surface area contributed by atoms with Gasteiger partial charge in [0.1, 0.15) is 0 Å². The Hall–Kier alpha value is -0.440. The van der Waals surface area contributed by atoms with Crippen molar-refractivity contribution in [2.75, 3.05) is 6.61 Å². The summed E-state index contributed by atoms with van der Waals surface area (Å²) in [5.41, 5.74) is 2.55. The lowest BCUT2D eigenvalue weighted by atomic mass is 10.0. The van der Waals surface area contributed by atoms with E-state index in [4.69, 9.17) is 39.5 Å². The third kappa shape index (κ3) is 2.03. The van der Waals surface area contributed by atoms with E-state index < -0.39 is 3.79 Å². The minimum atomic E-state index is -1.57. The number of rotatable bonds is 0. The van der Waals surface area contributed by atoms with Crippen LogP contribution in [0.2, 0.25) is 0 Å². The number of alkyl halides is 3. The molecule has 1 aromatic rings.